The fourth-order valence-electron chi connectivity index (χ4n) is 1.47. The molecule has 1 aromatic carbocycles. The molecular weight excluding hydrogens is 349 g/mol. The summed E-state index contributed by atoms with van der Waals surface area (Å²) in [5.74, 6) is 0.0189. The van der Waals surface area contributed by atoms with Crippen LogP contribution >= 0.6 is 15.9 Å². The normalized spacial score (nSPS) is 11.2. The van der Waals surface area contributed by atoms with E-state index in [-0.39, 0.29) is 10.6 Å². The minimum absolute atomic E-state index is 0.00680. The minimum Gasteiger partial charge on any atom is -0.373 e. The smallest absolute Gasteiger partial charge is 0.263 e. The highest BCUT2D eigenvalue weighted by Gasteiger charge is 2.16. The molecule has 0 radical (unpaired) electrons. The number of nitrogens with zero attached hydrogens (tertiary/aromatic N) is 1. The van der Waals surface area contributed by atoms with Crippen LogP contribution in [0.1, 0.15) is 0 Å². The van der Waals surface area contributed by atoms with Crippen LogP contribution in [-0.2, 0) is 10.0 Å². The molecule has 0 unspecified atom stereocenters. The zero-order valence-corrected chi connectivity index (χ0v) is 12.8. The Kier molecular flexibility index (Phi) is 4.24. The number of pyridine rings is 1. The van der Waals surface area contributed by atoms with Crippen LogP contribution in [-0.4, -0.2) is 20.4 Å². The van der Waals surface area contributed by atoms with Gasteiger partial charge in [-0.25, -0.2) is 17.8 Å². The van der Waals surface area contributed by atoms with E-state index in [1.807, 2.05) is 0 Å². The fraction of sp³-hybridized carbons (Fsp3) is 0.0833. The minimum atomic E-state index is -3.81. The molecule has 0 amide bonds. The molecule has 2 N–H and O–H groups in total. The predicted molar refractivity (Wildman–Crippen MR) is 78.7 cm³/mol. The molecule has 0 saturated heterocycles. The van der Waals surface area contributed by atoms with Crippen molar-refractivity contribution in [3.8, 4) is 0 Å². The molecule has 0 aliphatic carbocycles. The van der Waals surface area contributed by atoms with E-state index >= 15 is 0 Å². The molecule has 0 aliphatic heterocycles. The molecule has 5 nitrogen and oxygen atoms in total. The summed E-state index contributed by atoms with van der Waals surface area (Å²) in [7, 11) is -2.14. The summed E-state index contributed by atoms with van der Waals surface area (Å²) in [5, 5.41) is 2.79. The monoisotopic (exact) mass is 359 g/mol. The fourth-order valence-corrected chi connectivity index (χ4v) is 2.96. The number of hydrogen-bond donors (Lipinski definition) is 2. The van der Waals surface area contributed by atoms with Gasteiger partial charge in [0, 0.05) is 17.7 Å². The molecule has 106 valence electrons. The molecule has 0 fully saturated rings. The van der Waals surface area contributed by atoms with Crippen LogP contribution in [0, 0.1) is 5.82 Å². The lowest BCUT2D eigenvalue weighted by atomic mass is 10.3. The average molecular weight is 360 g/mol. The van der Waals surface area contributed by atoms with E-state index in [2.05, 4.69) is 31.0 Å². The lowest BCUT2D eigenvalue weighted by Gasteiger charge is -2.10. The van der Waals surface area contributed by atoms with Crippen LogP contribution < -0.4 is 10.0 Å². The van der Waals surface area contributed by atoms with Gasteiger partial charge in [0.05, 0.1) is 5.69 Å². The number of halogens is 2. The molecule has 0 spiro atoms. The van der Waals surface area contributed by atoms with E-state index in [4.69, 9.17) is 0 Å². The number of rotatable bonds is 4. The summed E-state index contributed by atoms with van der Waals surface area (Å²) in [6, 6.07) is 6.70. The van der Waals surface area contributed by atoms with E-state index in [1.165, 1.54) is 30.5 Å². The Balaban J connectivity index is 2.32. The lowest BCUT2D eigenvalue weighted by molar-refractivity contribution is 0.600. The second kappa shape index (κ2) is 5.76. The molecule has 1 heterocycles. The van der Waals surface area contributed by atoms with Gasteiger partial charge in [-0.15, -0.1) is 0 Å². The third kappa shape index (κ3) is 3.26. The Hall–Kier alpha value is -1.67. The maximum atomic E-state index is 13.1. The van der Waals surface area contributed by atoms with E-state index in [0.717, 1.165) is 6.07 Å². The van der Waals surface area contributed by atoms with Crippen LogP contribution in [0.5, 0.6) is 0 Å². The molecule has 2 aromatic rings. The van der Waals surface area contributed by atoms with Crippen molar-refractivity contribution in [2.75, 3.05) is 17.1 Å². The summed E-state index contributed by atoms with van der Waals surface area (Å²) in [5.41, 5.74) is 0.127. The quantitative estimate of drug-likeness (QED) is 0.880. The predicted octanol–water partition coefficient (Wildman–Crippen LogP) is 2.83. The van der Waals surface area contributed by atoms with Crippen LogP contribution in [0.25, 0.3) is 0 Å². The van der Waals surface area contributed by atoms with E-state index in [9.17, 15) is 12.8 Å². The molecule has 20 heavy (non-hydrogen) atoms. The summed E-state index contributed by atoms with van der Waals surface area (Å²) < 4.78 is 40.2. The van der Waals surface area contributed by atoms with Gasteiger partial charge in [-0.2, -0.15) is 0 Å². The van der Waals surface area contributed by atoms with Crippen molar-refractivity contribution in [3.63, 3.8) is 0 Å². The number of sulfonamides is 1. The maximum Gasteiger partial charge on any atom is 0.263 e. The van der Waals surface area contributed by atoms with Gasteiger partial charge in [0.25, 0.3) is 10.0 Å². The Morgan fingerprint density at radius 2 is 2.00 bits per heavy atom. The first kappa shape index (κ1) is 14.7. The summed E-state index contributed by atoms with van der Waals surface area (Å²) >= 11 is 3.16. The van der Waals surface area contributed by atoms with E-state index in [1.54, 1.807) is 7.05 Å². The van der Waals surface area contributed by atoms with Gasteiger partial charge in [-0.05, 0) is 46.3 Å². The van der Waals surface area contributed by atoms with E-state index in [0.29, 0.717) is 10.3 Å². The van der Waals surface area contributed by atoms with Crippen molar-refractivity contribution in [1.82, 2.24) is 4.98 Å². The largest absolute Gasteiger partial charge is 0.373 e. The standard InChI is InChI=1S/C12H11BrFN3O2S/c1-15-12-5-3-9(7-16-12)20(18,19)17-11-6-8(14)2-4-10(11)13/h2-7,17H,1H3,(H,15,16). The highest BCUT2D eigenvalue weighted by molar-refractivity contribution is 9.10. The van der Waals surface area contributed by atoms with Crippen molar-refractivity contribution in [2.45, 2.75) is 4.90 Å². The highest BCUT2D eigenvalue weighted by atomic mass is 79.9. The Labute approximate surface area is 124 Å². The number of hydrogen-bond acceptors (Lipinski definition) is 4. The Bertz CT molecular complexity index is 720. The first-order chi connectivity index (χ1) is 9.42. The van der Waals surface area contributed by atoms with Gasteiger partial charge >= 0.3 is 0 Å². The van der Waals surface area contributed by atoms with Crippen LogP contribution in [0.3, 0.4) is 0 Å². The van der Waals surface area contributed by atoms with Crippen molar-refractivity contribution in [2.24, 2.45) is 0 Å². The molecule has 8 heteroatoms. The van der Waals surface area contributed by atoms with E-state index < -0.39 is 15.8 Å². The van der Waals surface area contributed by atoms with Crippen LogP contribution in [0.4, 0.5) is 15.9 Å². The number of nitrogens with one attached hydrogen (secondary N) is 2. The molecule has 0 bridgehead atoms. The van der Waals surface area contributed by atoms with Gasteiger partial charge in [-0.1, -0.05) is 0 Å². The van der Waals surface area contributed by atoms with Crippen LogP contribution in [0.15, 0.2) is 45.9 Å². The molecule has 0 saturated carbocycles. The molecular formula is C12H11BrFN3O2S. The SMILES string of the molecule is CNc1ccc(S(=O)(=O)Nc2cc(F)ccc2Br)cn1. The first-order valence-electron chi connectivity index (χ1n) is 5.54. The van der Waals surface area contributed by atoms with Gasteiger partial charge < -0.3 is 5.32 Å². The lowest BCUT2D eigenvalue weighted by Crippen LogP contribution is -2.14. The summed E-state index contributed by atoms with van der Waals surface area (Å²) in [6.45, 7) is 0. The highest BCUT2D eigenvalue weighted by Crippen LogP contribution is 2.25. The van der Waals surface area contributed by atoms with Gasteiger partial charge in [0.15, 0.2) is 0 Å². The second-order valence-electron chi connectivity index (χ2n) is 3.86. The molecule has 0 atom stereocenters. The molecule has 2 rings (SSSR count). The third-order valence-corrected chi connectivity index (χ3v) is 4.52. The molecule has 0 aliphatic rings. The summed E-state index contributed by atoms with van der Waals surface area (Å²) in [4.78, 5) is 3.92. The average Bonchev–Trinajstić information content (AvgIpc) is 2.43. The third-order valence-electron chi connectivity index (χ3n) is 2.48. The van der Waals surface area contributed by atoms with Crippen molar-refractivity contribution in [3.05, 3.63) is 46.8 Å². The zero-order chi connectivity index (χ0) is 14.8. The van der Waals surface area contributed by atoms with Gasteiger partial charge in [-0.3, -0.25) is 4.72 Å². The number of anilines is 2. The molecule has 1 aromatic heterocycles. The van der Waals surface area contributed by atoms with Crippen molar-refractivity contribution < 1.29 is 12.8 Å². The first-order valence-corrected chi connectivity index (χ1v) is 7.81. The topological polar surface area (TPSA) is 71.1 Å². The number of aromatic nitrogens is 1. The Morgan fingerprint density at radius 3 is 2.60 bits per heavy atom. The van der Waals surface area contributed by atoms with Gasteiger partial charge in [0.2, 0.25) is 0 Å². The Morgan fingerprint density at radius 1 is 1.25 bits per heavy atom. The summed E-state index contributed by atoms with van der Waals surface area (Å²) in [6.07, 6.45) is 1.22. The van der Waals surface area contributed by atoms with Crippen molar-refractivity contribution in [1.29, 1.82) is 0 Å². The number of benzene rings is 1. The second-order valence-corrected chi connectivity index (χ2v) is 6.40. The van der Waals surface area contributed by atoms with Gasteiger partial charge in [0.1, 0.15) is 16.5 Å². The van der Waals surface area contributed by atoms with Crippen LogP contribution in [0.2, 0.25) is 0 Å². The zero-order valence-electron chi connectivity index (χ0n) is 10.4. The maximum absolute atomic E-state index is 13.1. The van der Waals surface area contributed by atoms with Crippen molar-refractivity contribution >= 4 is 37.5 Å².